The minimum atomic E-state index is -0.524. The Morgan fingerprint density at radius 3 is 1.71 bits per heavy atom. The molecule has 0 spiro atoms. The molecular formula is C35H66N2O5. The highest BCUT2D eigenvalue weighted by atomic mass is 16.5. The predicted octanol–water partition coefficient (Wildman–Crippen LogP) is 8.78. The fourth-order valence-corrected chi connectivity index (χ4v) is 3.92. The third-order valence-electron chi connectivity index (χ3n) is 6.06. The fourth-order valence-electron chi connectivity index (χ4n) is 3.92. The van der Waals surface area contributed by atoms with Gasteiger partial charge in [-0.25, -0.2) is 9.36 Å². The van der Waals surface area contributed by atoms with E-state index in [-0.39, 0.29) is 18.7 Å². The highest BCUT2D eigenvalue weighted by Crippen LogP contribution is 2.15. The molecule has 1 heterocycles. The van der Waals surface area contributed by atoms with E-state index in [0.29, 0.717) is 0 Å². The minimum absolute atomic E-state index is 0.0986. The summed E-state index contributed by atoms with van der Waals surface area (Å²) in [4.78, 5) is 37.5. The molecule has 1 rings (SSSR count). The van der Waals surface area contributed by atoms with E-state index in [9.17, 15) is 14.4 Å². The lowest BCUT2D eigenvalue weighted by Gasteiger charge is -2.18. The van der Waals surface area contributed by atoms with Gasteiger partial charge in [0.25, 0.3) is 5.56 Å². The van der Waals surface area contributed by atoms with Gasteiger partial charge in [0.15, 0.2) is 0 Å². The second-order valence-corrected chi connectivity index (χ2v) is 10.3. The topological polar surface area (TPSA) is 90.5 Å². The van der Waals surface area contributed by atoms with Crippen LogP contribution in [0.3, 0.4) is 0 Å². The molecule has 1 aromatic heterocycles. The summed E-state index contributed by atoms with van der Waals surface area (Å²) in [5.41, 5.74) is -0.961. The zero-order valence-electron chi connectivity index (χ0n) is 28.7. The van der Waals surface area contributed by atoms with E-state index in [0.717, 1.165) is 63.0 Å². The van der Waals surface area contributed by atoms with Gasteiger partial charge < -0.3 is 9.84 Å². The van der Waals surface area contributed by atoms with Crippen molar-refractivity contribution in [1.29, 1.82) is 0 Å². The Kier molecular flexibility index (Phi) is 34.7. The van der Waals surface area contributed by atoms with E-state index < -0.39 is 17.2 Å². The number of carbonyl (C=O) groups excluding carboxylic acids is 1. The lowest BCUT2D eigenvalue weighted by atomic mass is 10.0. The van der Waals surface area contributed by atoms with Crippen LogP contribution in [0.2, 0.25) is 0 Å². The molecule has 0 aliphatic rings. The highest BCUT2D eigenvalue weighted by molar-refractivity contribution is 5.69. The molecular weight excluding hydrogens is 528 g/mol. The van der Waals surface area contributed by atoms with Gasteiger partial charge in [0.2, 0.25) is 0 Å². The highest BCUT2D eigenvalue weighted by Gasteiger charge is 2.17. The van der Waals surface area contributed by atoms with Gasteiger partial charge >= 0.3 is 11.7 Å². The lowest BCUT2D eigenvalue weighted by molar-refractivity contribution is -0.150. The molecule has 7 nitrogen and oxygen atoms in total. The number of hydrogen-bond acceptors (Lipinski definition) is 5. The molecule has 0 aromatic carbocycles. The average molecular weight is 595 g/mol. The number of hydrogen-bond donors (Lipinski definition) is 1. The van der Waals surface area contributed by atoms with Crippen LogP contribution in [0.1, 0.15) is 151 Å². The SMILES string of the molecule is CC.CCC.CCCC/C=C\CCCC(CCC/C=C\CCCCC)OC(=O)Cn1c(=O)ccn(C(C)C)c1=O.CO. The number of nitrogens with zero attached hydrogens (tertiary/aromatic N) is 2. The van der Waals surface area contributed by atoms with E-state index >= 15 is 0 Å². The standard InChI is InChI=1S/C29H48N2O4.C3H8.C2H6.CH4O/c1-5-7-9-11-13-15-17-19-21-26(20-18-16-14-12-10-8-6-2)35-28(33)24-31-27(32)22-23-30(25(3)4)29(31)34;1-3-2;2*1-2/h12-15,22-23,25-26H,5-11,16-21,24H2,1-4H3;3H2,1-2H3;1-2H3;2H,1H3/b14-12-,15-13-;;;. The molecule has 0 saturated carbocycles. The van der Waals surface area contributed by atoms with E-state index in [4.69, 9.17) is 9.84 Å². The number of unbranched alkanes of at least 4 members (excludes halogenated alkanes) is 7. The van der Waals surface area contributed by atoms with Crippen molar-refractivity contribution in [3.63, 3.8) is 0 Å². The van der Waals surface area contributed by atoms with E-state index in [2.05, 4.69) is 52.0 Å². The third-order valence-corrected chi connectivity index (χ3v) is 6.06. The second kappa shape index (κ2) is 33.1. The number of ether oxygens (including phenoxy) is 1. The van der Waals surface area contributed by atoms with Crippen LogP contribution in [0.15, 0.2) is 46.2 Å². The molecule has 42 heavy (non-hydrogen) atoms. The number of carbonyl (C=O) groups is 1. The van der Waals surface area contributed by atoms with Gasteiger partial charge in [0.1, 0.15) is 12.6 Å². The molecule has 0 bridgehead atoms. The molecule has 0 radical (unpaired) electrons. The smallest absolute Gasteiger partial charge is 0.331 e. The summed E-state index contributed by atoms with van der Waals surface area (Å²) in [6.07, 6.45) is 25.2. The van der Waals surface area contributed by atoms with Crippen LogP contribution in [-0.2, 0) is 16.1 Å². The van der Waals surface area contributed by atoms with E-state index in [1.54, 1.807) is 0 Å². The Balaban J connectivity index is -0.00000199. The Bertz CT molecular complexity index is 899. The minimum Gasteiger partial charge on any atom is -0.461 e. The zero-order valence-corrected chi connectivity index (χ0v) is 28.7. The average Bonchev–Trinajstić information content (AvgIpc) is 2.98. The van der Waals surface area contributed by atoms with Crippen LogP contribution >= 0.6 is 0 Å². The van der Waals surface area contributed by atoms with Crippen molar-refractivity contribution in [2.75, 3.05) is 7.11 Å². The van der Waals surface area contributed by atoms with Crippen LogP contribution in [0, 0.1) is 0 Å². The Morgan fingerprint density at radius 1 is 0.810 bits per heavy atom. The van der Waals surface area contributed by atoms with E-state index in [1.165, 1.54) is 55.4 Å². The summed E-state index contributed by atoms with van der Waals surface area (Å²) < 4.78 is 8.19. The normalized spacial score (nSPS) is 11.3. The predicted molar refractivity (Wildman–Crippen MR) is 180 cm³/mol. The Hall–Kier alpha value is -2.41. The summed E-state index contributed by atoms with van der Waals surface area (Å²) in [5, 5.41) is 7.00. The summed E-state index contributed by atoms with van der Waals surface area (Å²) in [7, 11) is 1.00. The van der Waals surface area contributed by atoms with Gasteiger partial charge in [-0.05, 0) is 71.6 Å². The summed E-state index contributed by atoms with van der Waals surface area (Å²) >= 11 is 0. The lowest BCUT2D eigenvalue weighted by Crippen LogP contribution is -2.42. The van der Waals surface area contributed by atoms with Crippen LogP contribution in [0.25, 0.3) is 0 Å². The Labute approximate surface area is 258 Å². The van der Waals surface area contributed by atoms with Crippen molar-refractivity contribution in [3.05, 3.63) is 57.4 Å². The molecule has 0 aliphatic heterocycles. The number of rotatable bonds is 19. The van der Waals surface area contributed by atoms with Gasteiger partial charge in [-0.15, -0.1) is 0 Å². The van der Waals surface area contributed by atoms with Gasteiger partial charge in [-0.1, -0.05) is 98.0 Å². The monoisotopic (exact) mass is 594 g/mol. The first-order chi connectivity index (χ1) is 20.3. The van der Waals surface area contributed by atoms with Crippen molar-refractivity contribution in [2.24, 2.45) is 0 Å². The van der Waals surface area contributed by atoms with E-state index in [1.807, 2.05) is 27.7 Å². The third kappa shape index (κ3) is 24.2. The van der Waals surface area contributed by atoms with Crippen LogP contribution in [0.4, 0.5) is 0 Å². The molecule has 7 heteroatoms. The first-order valence-corrected chi connectivity index (χ1v) is 16.6. The van der Waals surface area contributed by atoms with Gasteiger partial charge in [0.05, 0.1) is 0 Å². The van der Waals surface area contributed by atoms with Crippen molar-refractivity contribution in [3.8, 4) is 0 Å². The second-order valence-electron chi connectivity index (χ2n) is 10.3. The van der Waals surface area contributed by atoms with Crippen LogP contribution in [-0.4, -0.2) is 33.4 Å². The summed E-state index contributed by atoms with van der Waals surface area (Å²) in [6, 6.07) is 1.22. The fraction of sp³-hybridized carbons (Fsp3) is 0.743. The van der Waals surface area contributed by atoms with Crippen LogP contribution < -0.4 is 11.2 Å². The molecule has 0 saturated heterocycles. The van der Waals surface area contributed by atoms with Crippen molar-refractivity contribution >= 4 is 5.97 Å². The first kappa shape index (κ1) is 44.0. The number of esters is 1. The number of aromatic nitrogens is 2. The molecule has 1 unspecified atom stereocenters. The van der Waals surface area contributed by atoms with Gasteiger partial charge in [-0.3, -0.25) is 14.2 Å². The maximum absolute atomic E-state index is 12.7. The zero-order chi connectivity index (χ0) is 32.6. The maximum Gasteiger partial charge on any atom is 0.331 e. The molecule has 0 amide bonds. The quantitative estimate of drug-likeness (QED) is 0.0982. The molecule has 0 aliphatic carbocycles. The van der Waals surface area contributed by atoms with Gasteiger partial charge in [-0.2, -0.15) is 0 Å². The summed E-state index contributed by atoms with van der Waals surface area (Å²) in [5.74, 6) is -0.524. The largest absolute Gasteiger partial charge is 0.461 e. The molecule has 1 aromatic rings. The van der Waals surface area contributed by atoms with Crippen molar-refractivity contribution < 1.29 is 14.6 Å². The summed E-state index contributed by atoms with van der Waals surface area (Å²) in [6.45, 7) is 16.0. The molecule has 246 valence electrons. The molecule has 1 atom stereocenters. The molecule has 1 N–H and O–H groups in total. The van der Waals surface area contributed by atoms with Crippen LogP contribution in [0.5, 0.6) is 0 Å². The maximum atomic E-state index is 12.7. The number of aliphatic hydroxyl groups excluding tert-OH is 1. The number of aliphatic hydroxyl groups is 1. The molecule has 0 fully saturated rings. The van der Waals surface area contributed by atoms with Crippen molar-refractivity contribution in [1.82, 2.24) is 9.13 Å². The van der Waals surface area contributed by atoms with Crippen molar-refractivity contribution in [2.45, 2.75) is 164 Å². The first-order valence-electron chi connectivity index (χ1n) is 16.6. The Morgan fingerprint density at radius 2 is 1.26 bits per heavy atom. The van der Waals surface area contributed by atoms with Gasteiger partial charge in [0, 0.05) is 25.4 Å². The number of allylic oxidation sites excluding steroid dienone is 4.